The summed E-state index contributed by atoms with van der Waals surface area (Å²) in [6.45, 7) is 1.90. The molecule has 2 aromatic carbocycles. The van der Waals surface area contributed by atoms with Gasteiger partial charge in [0.2, 0.25) is 5.82 Å². The predicted molar refractivity (Wildman–Crippen MR) is 113 cm³/mol. The average molecular weight is 503 g/mol. The van der Waals surface area contributed by atoms with E-state index in [2.05, 4.69) is 30.6 Å². The molecule has 3 rings (SSSR count). The number of rotatable bonds is 6. The third kappa shape index (κ3) is 5.14. The largest absolute Gasteiger partial charge is 0.470 e. The van der Waals surface area contributed by atoms with Crippen LogP contribution in [0, 0.1) is 6.92 Å². The van der Waals surface area contributed by atoms with Crippen molar-refractivity contribution in [1.82, 2.24) is 9.97 Å². The van der Waals surface area contributed by atoms with Crippen molar-refractivity contribution >= 4 is 55.0 Å². The Balaban J connectivity index is 1.86. The zero-order valence-electron chi connectivity index (χ0n) is 14.5. The molecule has 0 radical (unpaired) electrons. The lowest BCUT2D eigenvalue weighted by Gasteiger charge is -2.13. The molecule has 0 fully saturated rings. The fourth-order valence-corrected chi connectivity index (χ4v) is 3.86. The summed E-state index contributed by atoms with van der Waals surface area (Å²) < 4.78 is 33.7. The average Bonchev–Trinajstić information content (AvgIpc) is 2.64. The molecule has 28 heavy (non-hydrogen) atoms. The van der Waals surface area contributed by atoms with Crippen LogP contribution >= 0.6 is 39.1 Å². The number of benzene rings is 2. The highest BCUT2D eigenvalue weighted by atomic mass is 79.9. The van der Waals surface area contributed by atoms with E-state index in [1.165, 1.54) is 18.3 Å². The van der Waals surface area contributed by atoms with Gasteiger partial charge in [-0.15, -0.1) is 0 Å². The second-order valence-corrected chi connectivity index (χ2v) is 9.13. The summed E-state index contributed by atoms with van der Waals surface area (Å²) in [7, 11) is -3.86. The van der Waals surface area contributed by atoms with E-state index >= 15 is 0 Å². The Labute approximate surface area is 181 Å². The van der Waals surface area contributed by atoms with Crippen LogP contribution in [0.4, 0.5) is 5.82 Å². The second kappa shape index (κ2) is 8.65. The standard InChI is InChI=1S/C18H14BrCl2N3O3S/c1-11-2-5-14(6-3-11)28(25,26)24-17-18(23-16(19)9-22-17)27-10-12-8-13(20)4-7-15(12)21/h2-9H,10H2,1H3,(H,22,24). The highest BCUT2D eigenvalue weighted by Crippen LogP contribution is 2.27. The summed E-state index contributed by atoms with van der Waals surface area (Å²) >= 11 is 15.3. The Morgan fingerprint density at radius 1 is 1.14 bits per heavy atom. The molecular formula is C18H14BrCl2N3O3S. The number of halogens is 3. The number of nitrogens with one attached hydrogen (secondary N) is 1. The van der Waals surface area contributed by atoms with Crippen LogP contribution in [0.5, 0.6) is 5.88 Å². The first kappa shape index (κ1) is 20.9. The Hall–Kier alpha value is -1.87. The fourth-order valence-electron chi connectivity index (χ4n) is 2.23. The zero-order chi connectivity index (χ0) is 20.3. The molecule has 0 saturated carbocycles. The van der Waals surface area contributed by atoms with E-state index in [1.807, 2.05) is 6.92 Å². The normalized spacial score (nSPS) is 11.3. The Morgan fingerprint density at radius 2 is 1.86 bits per heavy atom. The smallest absolute Gasteiger partial charge is 0.263 e. The number of ether oxygens (including phenoxy) is 1. The van der Waals surface area contributed by atoms with E-state index in [-0.39, 0.29) is 23.2 Å². The summed E-state index contributed by atoms with van der Waals surface area (Å²) in [6, 6.07) is 11.4. The van der Waals surface area contributed by atoms with E-state index in [4.69, 9.17) is 27.9 Å². The lowest BCUT2D eigenvalue weighted by Crippen LogP contribution is -2.15. The van der Waals surface area contributed by atoms with Crippen molar-refractivity contribution in [2.75, 3.05) is 4.72 Å². The van der Waals surface area contributed by atoms with Crippen LogP contribution in [0.2, 0.25) is 10.0 Å². The number of aryl methyl sites for hydroxylation is 1. The molecular weight excluding hydrogens is 489 g/mol. The molecule has 3 aromatic rings. The van der Waals surface area contributed by atoms with Crippen LogP contribution in [0.25, 0.3) is 0 Å². The van der Waals surface area contributed by atoms with Gasteiger partial charge >= 0.3 is 0 Å². The Morgan fingerprint density at radius 3 is 2.57 bits per heavy atom. The van der Waals surface area contributed by atoms with Gasteiger partial charge in [0, 0.05) is 15.6 Å². The minimum atomic E-state index is -3.86. The maximum Gasteiger partial charge on any atom is 0.263 e. The molecule has 146 valence electrons. The second-order valence-electron chi connectivity index (χ2n) is 5.79. The zero-order valence-corrected chi connectivity index (χ0v) is 18.4. The minimum Gasteiger partial charge on any atom is -0.470 e. The SMILES string of the molecule is Cc1ccc(S(=O)(=O)Nc2ncc(Br)nc2OCc2cc(Cl)ccc2Cl)cc1. The molecule has 0 atom stereocenters. The van der Waals surface area contributed by atoms with Crippen LogP contribution in [0.3, 0.4) is 0 Å². The van der Waals surface area contributed by atoms with Gasteiger partial charge in [-0.05, 0) is 53.2 Å². The van der Waals surface area contributed by atoms with Gasteiger partial charge in [0.1, 0.15) is 11.2 Å². The van der Waals surface area contributed by atoms with Crippen LogP contribution in [-0.4, -0.2) is 18.4 Å². The lowest BCUT2D eigenvalue weighted by atomic mass is 10.2. The maximum atomic E-state index is 12.6. The molecule has 1 heterocycles. The minimum absolute atomic E-state index is 0.00102. The van der Waals surface area contributed by atoms with Gasteiger partial charge in [-0.2, -0.15) is 0 Å². The van der Waals surface area contributed by atoms with Crippen LogP contribution in [0.15, 0.2) is 58.2 Å². The highest BCUT2D eigenvalue weighted by molar-refractivity contribution is 9.10. The molecule has 0 spiro atoms. The van der Waals surface area contributed by atoms with Gasteiger partial charge < -0.3 is 4.74 Å². The van der Waals surface area contributed by atoms with Crippen molar-refractivity contribution in [1.29, 1.82) is 0 Å². The summed E-state index contributed by atoms with van der Waals surface area (Å²) in [5.41, 5.74) is 1.58. The molecule has 0 aliphatic carbocycles. The molecule has 1 N–H and O–H groups in total. The van der Waals surface area contributed by atoms with Gasteiger partial charge in [0.25, 0.3) is 15.9 Å². The number of anilines is 1. The Bertz CT molecular complexity index is 1110. The first-order valence-electron chi connectivity index (χ1n) is 7.93. The summed E-state index contributed by atoms with van der Waals surface area (Å²) in [4.78, 5) is 8.34. The van der Waals surface area contributed by atoms with Gasteiger partial charge in [0.05, 0.1) is 11.1 Å². The summed E-state index contributed by atoms with van der Waals surface area (Å²) in [5, 5.41) is 0.970. The highest BCUT2D eigenvalue weighted by Gasteiger charge is 2.19. The molecule has 0 aliphatic rings. The number of nitrogens with zero attached hydrogens (tertiary/aromatic N) is 2. The molecule has 0 bridgehead atoms. The van der Waals surface area contributed by atoms with Crippen molar-refractivity contribution < 1.29 is 13.2 Å². The summed E-state index contributed by atoms with van der Waals surface area (Å²) in [5.74, 6) is -0.0389. The van der Waals surface area contributed by atoms with Crippen LogP contribution in [-0.2, 0) is 16.6 Å². The number of sulfonamides is 1. The first-order valence-corrected chi connectivity index (χ1v) is 11.0. The molecule has 0 aliphatic heterocycles. The number of hydrogen-bond acceptors (Lipinski definition) is 5. The molecule has 0 amide bonds. The van der Waals surface area contributed by atoms with Gasteiger partial charge in [0.15, 0.2) is 0 Å². The number of hydrogen-bond donors (Lipinski definition) is 1. The fraction of sp³-hybridized carbons (Fsp3) is 0.111. The molecule has 6 nitrogen and oxygen atoms in total. The van der Waals surface area contributed by atoms with Crippen molar-refractivity contribution in [2.45, 2.75) is 18.4 Å². The third-order valence-corrected chi connectivity index (χ3v) is 5.99. The monoisotopic (exact) mass is 501 g/mol. The first-order chi connectivity index (χ1) is 13.2. The van der Waals surface area contributed by atoms with Crippen molar-refractivity contribution in [2.24, 2.45) is 0 Å². The Kier molecular flexibility index (Phi) is 6.44. The molecule has 10 heteroatoms. The van der Waals surface area contributed by atoms with Gasteiger partial charge in [-0.3, -0.25) is 4.72 Å². The lowest BCUT2D eigenvalue weighted by molar-refractivity contribution is 0.294. The van der Waals surface area contributed by atoms with E-state index in [1.54, 1.807) is 30.3 Å². The van der Waals surface area contributed by atoms with E-state index in [9.17, 15) is 8.42 Å². The van der Waals surface area contributed by atoms with Gasteiger partial charge in [-0.25, -0.2) is 18.4 Å². The quantitative estimate of drug-likeness (QED) is 0.498. The maximum absolute atomic E-state index is 12.6. The summed E-state index contributed by atoms with van der Waals surface area (Å²) in [6.07, 6.45) is 1.37. The van der Waals surface area contributed by atoms with Crippen molar-refractivity contribution in [3.8, 4) is 5.88 Å². The molecule has 0 unspecified atom stereocenters. The number of aromatic nitrogens is 2. The van der Waals surface area contributed by atoms with Crippen LogP contribution < -0.4 is 9.46 Å². The topological polar surface area (TPSA) is 81.2 Å². The third-order valence-electron chi connectivity index (χ3n) is 3.65. The van der Waals surface area contributed by atoms with Crippen molar-refractivity contribution in [3.05, 3.63) is 74.4 Å². The van der Waals surface area contributed by atoms with Gasteiger partial charge in [-0.1, -0.05) is 40.9 Å². The van der Waals surface area contributed by atoms with E-state index < -0.39 is 10.0 Å². The molecule has 1 aromatic heterocycles. The van der Waals surface area contributed by atoms with E-state index in [0.717, 1.165) is 5.56 Å². The van der Waals surface area contributed by atoms with Crippen LogP contribution in [0.1, 0.15) is 11.1 Å². The van der Waals surface area contributed by atoms with Crippen molar-refractivity contribution in [3.63, 3.8) is 0 Å². The predicted octanol–water partition coefficient (Wildman–Crippen LogP) is 5.23. The van der Waals surface area contributed by atoms with E-state index in [0.29, 0.717) is 20.2 Å². The molecule has 0 saturated heterocycles.